The summed E-state index contributed by atoms with van der Waals surface area (Å²) in [4.78, 5) is 35.3. The van der Waals surface area contributed by atoms with Crippen molar-refractivity contribution in [1.29, 1.82) is 0 Å². The van der Waals surface area contributed by atoms with Crippen LogP contribution < -0.4 is 0 Å². The fourth-order valence-corrected chi connectivity index (χ4v) is 2.89. The smallest absolute Gasteiger partial charge is 0.307 e. The number of ketones is 2. The molecule has 1 rings (SSSR count). The Balaban J connectivity index is 2.68. The van der Waals surface area contributed by atoms with Gasteiger partial charge in [0.05, 0.1) is 6.42 Å². The lowest BCUT2D eigenvalue weighted by atomic mass is 9.88. The van der Waals surface area contributed by atoms with Gasteiger partial charge in [0.2, 0.25) is 0 Å². The zero-order valence-corrected chi connectivity index (χ0v) is 14.7. The van der Waals surface area contributed by atoms with E-state index in [1.54, 1.807) is 24.3 Å². The van der Waals surface area contributed by atoms with Crippen LogP contribution in [0.3, 0.4) is 0 Å². The molecule has 1 N–H and O–H groups in total. The molecule has 0 spiro atoms. The molecule has 0 radical (unpaired) electrons. The van der Waals surface area contributed by atoms with Crippen molar-refractivity contribution in [2.45, 2.75) is 65.2 Å². The topological polar surface area (TPSA) is 71.4 Å². The molecule has 4 nitrogen and oxygen atoms in total. The summed E-state index contributed by atoms with van der Waals surface area (Å²) in [5.41, 5.74) is 0.942. The van der Waals surface area contributed by atoms with E-state index in [0.717, 1.165) is 25.7 Å². The Labute approximate surface area is 144 Å². The molecule has 1 unspecified atom stereocenters. The molecule has 0 heterocycles. The summed E-state index contributed by atoms with van der Waals surface area (Å²) in [5.74, 6) is -1.33. The quantitative estimate of drug-likeness (QED) is 0.453. The first-order chi connectivity index (χ1) is 11.5. The van der Waals surface area contributed by atoms with Crippen molar-refractivity contribution in [2.75, 3.05) is 0 Å². The molecule has 0 amide bonds. The summed E-state index contributed by atoms with van der Waals surface area (Å²) < 4.78 is 0. The highest BCUT2D eigenvalue weighted by atomic mass is 16.4. The van der Waals surface area contributed by atoms with Gasteiger partial charge >= 0.3 is 5.97 Å². The van der Waals surface area contributed by atoms with Crippen molar-refractivity contribution < 1.29 is 19.5 Å². The van der Waals surface area contributed by atoms with Crippen molar-refractivity contribution in [2.24, 2.45) is 5.92 Å². The Hall–Kier alpha value is -1.97. The highest BCUT2D eigenvalue weighted by Crippen LogP contribution is 2.21. The average Bonchev–Trinajstić information content (AvgIpc) is 2.53. The molecule has 0 fully saturated rings. The largest absolute Gasteiger partial charge is 0.481 e. The van der Waals surface area contributed by atoms with Crippen molar-refractivity contribution >= 4 is 17.5 Å². The van der Waals surface area contributed by atoms with Crippen molar-refractivity contribution in [3.05, 3.63) is 35.4 Å². The number of Topliss-reactive ketones (excluding diaryl/α,β-unsaturated/α-hetero) is 2. The van der Waals surface area contributed by atoms with E-state index in [0.29, 0.717) is 11.1 Å². The number of hydrogen-bond donors (Lipinski definition) is 1. The standard InChI is InChI=1S/C20H28O4/c1-3-4-5-6-7-10-16(15(2)21)13-19(22)18-12-9-8-11-17(18)14-20(23)24/h8-9,11-12,16H,3-7,10,13-14H2,1-2H3,(H,23,24). The SMILES string of the molecule is CCCCCCCC(CC(=O)c1ccccc1CC(=O)O)C(C)=O. The van der Waals surface area contributed by atoms with Gasteiger partial charge in [0, 0.05) is 17.9 Å². The summed E-state index contributed by atoms with van der Waals surface area (Å²) in [5, 5.41) is 8.96. The number of unbranched alkanes of at least 4 members (excludes halogenated alkanes) is 4. The minimum absolute atomic E-state index is 0.0366. The molecule has 1 aromatic rings. The normalized spacial score (nSPS) is 11.9. The second-order valence-electron chi connectivity index (χ2n) is 6.37. The Kier molecular flexibility index (Phi) is 8.98. The number of carboxylic acids is 1. The molecule has 1 atom stereocenters. The number of carbonyl (C=O) groups is 3. The first kappa shape index (κ1) is 20.1. The van der Waals surface area contributed by atoms with Crippen LogP contribution in [0.5, 0.6) is 0 Å². The van der Waals surface area contributed by atoms with Gasteiger partial charge in [-0.15, -0.1) is 0 Å². The van der Waals surface area contributed by atoms with Crippen LogP contribution in [-0.4, -0.2) is 22.6 Å². The molecular weight excluding hydrogens is 304 g/mol. The molecular formula is C20H28O4. The second-order valence-corrected chi connectivity index (χ2v) is 6.37. The van der Waals surface area contributed by atoms with Crippen LogP contribution in [0, 0.1) is 5.92 Å². The maximum atomic E-state index is 12.6. The Morgan fingerprint density at radius 2 is 1.71 bits per heavy atom. The molecule has 1 aromatic carbocycles. The first-order valence-electron chi connectivity index (χ1n) is 8.79. The van der Waals surface area contributed by atoms with E-state index in [2.05, 4.69) is 6.92 Å². The number of carbonyl (C=O) groups excluding carboxylic acids is 2. The van der Waals surface area contributed by atoms with Crippen molar-refractivity contribution in [1.82, 2.24) is 0 Å². The van der Waals surface area contributed by atoms with Crippen molar-refractivity contribution in [3.8, 4) is 0 Å². The van der Waals surface area contributed by atoms with Crippen LogP contribution in [0.25, 0.3) is 0 Å². The van der Waals surface area contributed by atoms with Gasteiger partial charge < -0.3 is 5.11 Å². The molecule has 0 saturated heterocycles. The molecule has 0 saturated carbocycles. The van der Waals surface area contributed by atoms with Gasteiger partial charge in [0.15, 0.2) is 5.78 Å². The lowest BCUT2D eigenvalue weighted by Crippen LogP contribution is -2.18. The molecule has 0 aromatic heterocycles. The Morgan fingerprint density at radius 1 is 1.04 bits per heavy atom. The summed E-state index contributed by atoms with van der Waals surface area (Å²) in [6.45, 7) is 3.69. The zero-order chi connectivity index (χ0) is 17.9. The number of aliphatic carboxylic acids is 1. The monoisotopic (exact) mass is 332 g/mol. The van der Waals surface area contributed by atoms with Crippen LogP contribution >= 0.6 is 0 Å². The zero-order valence-electron chi connectivity index (χ0n) is 14.7. The lowest BCUT2D eigenvalue weighted by molar-refractivity contribution is -0.136. The fraction of sp³-hybridized carbons (Fsp3) is 0.550. The molecule has 0 aliphatic rings. The van der Waals surface area contributed by atoms with E-state index in [1.807, 2.05) is 0 Å². The molecule has 0 aliphatic carbocycles. The number of carboxylic acid groups (broad SMARTS) is 1. The molecule has 0 aliphatic heterocycles. The maximum Gasteiger partial charge on any atom is 0.307 e. The third kappa shape index (κ3) is 7.07. The van der Waals surface area contributed by atoms with Gasteiger partial charge in [0.1, 0.15) is 5.78 Å². The third-order valence-corrected chi connectivity index (χ3v) is 4.32. The number of rotatable bonds is 12. The highest BCUT2D eigenvalue weighted by Gasteiger charge is 2.21. The van der Waals surface area contributed by atoms with Crippen LogP contribution in [0.4, 0.5) is 0 Å². The summed E-state index contributed by atoms with van der Waals surface area (Å²) in [6, 6.07) is 6.77. The van der Waals surface area contributed by atoms with E-state index < -0.39 is 5.97 Å². The van der Waals surface area contributed by atoms with Gasteiger partial charge in [-0.3, -0.25) is 14.4 Å². The number of benzene rings is 1. The predicted octanol–water partition coefficient (Wildman–Crippen LogP) is 4.45. The van der Waals surface area contributed by atoms with Gasteiger partial charge in [-0.25, -0.2) is 0 Å². The minimum atomic E-state index is -0.964. The van der Waals surface area contributed by atoms with Gasteiger partial charge in [-0.1, -0.05) is 63.3 Å². The summed E-state index contributed by atoms with van der Waals surface area (Å²) in [7, 11) is 0. The predicted molar refractivity (Wildman–Crippen MR) is 94.3 cm³/mol. The highest BCUT2D eigenvalue weighted by molar-refractivity contribution is 6.00. The number of hydrogen-bond acceptors (Lipinski definition) is 3. The first-order valence-corrected chi connectivity index (χ1v) is 8.79. The van der Waals surface area contributed by atoms with E-state index >= 15 is 0 Å². The maximum absolute atomic E-state index is 12.6. The molecule has 132 valence electrons. The van der Waals surface area contributed by atoms with Crippen molar-refractivity contribution in [3.63, 3.8) is 0 Å². The van der Waals surface area contributed by atoms with E-state index in [1.165, 1.54) is 19.8 Å². The fourth-order valence-electron chi connectivity index (χ4n) is 2.89. The minimum Gasteiger partial charge on any atom is -0.481 e. The third-order valence-electron chi connectivity index (χ3n) is 4.32. The lowest BCUT2D eigenvalue weighted by Gasteiger charge is -2.14. The van der Waals surface area contributed by atoms with Crippen LogP contribution in [0.1, 0.15) is 74.7 Å². The molecule has 4 heteroatoms. The van der Waals surface area contributed by atoms with E-state index in [-0.39, 0.29) is 30.3 Å². The van der Waals surface area contributed by atoms with Crippen LogP contribution in [0.15, 0.2) is 24.3 Å². The van der Waals surface area contributed by atoms with Crippen LogP contribution in [0.2, 0.25) is 0 Å². The van der Waals surface area contributed by atoms with E-state index in [4.69, 9.17) is 5.11 Å². The van der Waals surface area contributed by atoms with Gasteiger partial charge in [-0.2, -0.15) is 0 Å². The Morgan fingerprint density at radius 3 is 2.33 bits per heavy atom. The summed E-state index contributed by atoms with van der Waals surface area (Å²) >= 11 is 0. The van der Waals surface area contributed by atoms with Crippen LogP contribution in [-0.2, 0) is 16.0 Å². The summed E-state index contributed by atoms with van der Waals surface area (Å²) in [6.07, 6.45) is 6.29. The Bertz CT molecular complexity index is 563. The molecule has 0 bridgehead atoms. The van der Waals surface area contributed by atoms with E-state index in [9.17, 15) is 14.4 Å². The van der Waals surface area contributed by atoms with Gasteiger partial charge in [0.25, 0.3) is 0 Å². The average molecular weight is 332 g/mol. The second kappa shape index (κ2) is 10.7. The van der Waals surface area contributed by atoms with Gasteiger partial charge in [-0.05, 0) is 18.9 Å². The molecule has 24 heavy (non-hydrogen) atoms.